The number of nitrogens with two attached hydrogens (primary N) is 1. The minimum atomic E-state index is -0.571. The number of carbonyl (C=O) groups is 1. The lowest BCUT2D eigenvalue weighted by Crippen LogP contribution is -2.32. The molecule has 2 N–H and O–H groups in total. The van der Waals surface area contributed by atoms with Crippen LogP contribution in [0.3, 0.4) is 0 Å². The minimum Gasteiger partial charge on any atom is -0.369 e. The smallest absolute Gasteiger partial charge is 0.223 e. The molecule has 0 aliphatic heterocycles. The zero-order valence-electron chi connectivity index (χ0n) is 11.7. The van der Waals surface area contributed by atoms with Crippen LogP contribution in [0, 0.1) is 5.41 Å². The van der Waals surface area contributed by atoms with Crippen LogP contribution >= 0.6 is 23.4 Å². The monoisotopic (exact) mass is 312 g/mol. The number of primary amides is 1. The summed E-state index contributed by atoms with van der Waals surface area (Å²) in [5.74, 6) is -0.313. The van der Waals surface area contributed by atoms with Gasteiger partial charge in [0, 0.05) is 17.0 Å². The lowest BCUT2D eigenvalue weighted by atomic mass is 9.86. The van der Waals surface area contributed by atoms with E-state index < -0.39 is 5.41 Å². The highest BCUT2D eigenvalue weighted by atomic mass is 35.5. The highest BCUT2D eigenvalue weighted by Gasteiger charge is 2.26. The molecule has 0 spiro atoms. The topological polar surface area (TPSA) is 73.3 Å². The van der Waals surface area contributed by atoms with Crippen molar-refractivity contribution in [3.05, 3.63) is 23.0 Å². The Bertz CT molecular complexity index is 653. The third-order valence-electron chi connectivity index (χ3n) is 3.40. The first-order chi connectivity index (χ1) is 9.36. The summed E-state index contributed by atoms with van der Waals surface area (Å²) in [6.07, 6.45) is 4.91. The highest BCUT2D eigenvalue weighted by Crippen LogP contribution is 2.31. The van der Waals surface area contributed by atoms with E-state index in [-0.39, 0.29) is 5.91 Å². The van der Waals surface area contributed by atoms with Gasteiger partial charge in [0.25, 0.3) is 0 Å². The van der Waals surface area contributed by atoms with Crippen molar-refractivity contribution in [1.82, 2.24) is 14.6 Å². The lowest BCUT2D eigenvalue weighted by molar-refractivity contribution is -0.126. The average Bonchev–Trinajstić information content (AvgIpc) is 2.82. The van der Waals surface area contributed by atoms with Crippen LogP contribution in [-0.2, 0) is 11.2 Å². The van der Waals surface area contributed by atoms with Gasteiger partial charge in [0.1, 0.15) is 10.2 Å². The lowest BCUT2D eigenvalue weighted by Gasteiger charge is -2.21. The number of thioether (sulfide) groups is 1. The van der Waals surface area contributed by atoms with Gasteiger partial charge in [-0.3, -0.25) is 4.79 Å². The van der Waals surface area contributed by atoms with E-state index >= 15 is 0 Å². The van der Waals surface area contributed by atoms with E-state index in [0.29, 0.717) is 18.0 Å². The van der Waals surface area contributed by atoms with Crippen molar-refractivity contribution in [2.24, 2.45) is 11.1 Å². The highest BCUT2D eigenvalue weighted by molar-refractivity contribution is 7.98. The summed E-state index contributed by atoms with van der Waals surface area (Å²) in [7, 11) is 0. The molecule has 2 rings (SSSR count). The molecule has 0 bridgehead atoms. The number of carbonyl (C=O) groups excluding carboxylic acids is 1. The molecule has 5 nitrogen and oxygen atoms in total. The number of amides is 1. The summed E-state index contributed by atoms with van der Waals surface area (Å²) in [5, 5.41) is 5.66. The van der Waals surface area contributed by atoms with Gasteiger partial charge in [-0.05, 0) is 19.1 Å². The first-order valence-corrected chi connectivity index (χ1v) is 7.83. The molecular weight excluding hydrogens is 296 g/mol. The second-order valence-corrected chi connectivity index (χ2v) is 6.39. The van der Waals surface area contributed by atoms with E-state index in [1.54, 1.807) is 22.5 Å². The van der Waals surface area contributed by atoms with E-state index in [2.05, 4.69) is 10.1 Å². The van der Waals surface area contributed by atoms with Crippen molar-refractivity contribution < 1.29 is 4.79 Å². The van der Waals surface area contributed by atoms with Gasteiger partial charge in [-0.1, -0.05) is 25.4 Å². The number of nitrogens with zero attached hydrogens (tertiary/aromatic N) is 3. The fourth-order valence-corrected chi connectivity index (χ4v) is 2.99. The van der Waals surface area contributed by atoms with Crippen molar-refractivity contribution in [2.45, 2.75) is 31.7 Å². The van der Waals surface area contributed by atoms with Crippen molar-refractivity contribution in [2.75, 3.05) is 6.26 Å². The van der Waals surface area contributed by atoms with Gasteiger partial charge in [-0.15, -0.1) is 11.8 Å². The number of hydrogen-bond donors (Lipinski definition) is 1. The maximum Gasteiger partial charge on any atom is 0.223 e. The molecule has 0 radical (unpaired) electrons. The van der Waals surface area contributed by atoms with Gasteiger partial charge >= 0.3 is 0 Å². The zero-order valence-corrected chi connectivity index (χ0v) is 13.3. The van der Waals surface area contributed by atoms with Crippen LogP contribution in [0.5, 0.6) is 0 Å². The summed E-state index contributed by atoms with van der Waals surface area (Å²) < 4.78 is 1.77. The van der Waals surface area contributed by atoms with Crippen molar-refractivity contribution >= 4 is 34.9 Å². The van der Waals surface area contributed by atoms with Crippen LogP contribution < -0.4 is 5.73 Å². The second kappa shape index (κ2) is 5.61. The fraction of sp³-hybridized carbons (Fsp3) is 0.462. The Morgan fingerprint density at radius 3 is 2.85 bits per heavy atom. The molecule has 0 unspecified atom stereocenters. The largest absolute Gasteiger partial charge is 0.369 e. The molecule has 20 heavy (non-hydrogen) atoms. The number of rotatable bonds is 5. The minimum absolute atomic E-state index is 0.313. The predicted molar refractivity (Wildman–Crippen MR) is 81.1 cm³/mol. The standard InChI is InChI=1S/C13H17ClN4OS/c1-13(2,12(15)19)6-4-8-10(14)17-9-5-7-16-18(9)11(8)20-3/h5,7H,4,6H2,1-3H3,(H2,15,19). The second-order valence-electron chi connectivity index (χ2n) is 5.24. The Morgan fingerprint density at radius 1 is 1.55 bits per heavy atom. The van der Waals surface area contributed by atoms with Gasteiger partial charge < -0.3 is 5.73 Å². The summed E-state index contributed by atoms with van der Waals surface area (Å²) >= 11 is 7.83. The Hall–Kier alpha value is -1.27. The quantitative estimate of drug-likeness (QED) is 0.680. The number of hydrogen-bond acceptors (Lipinski definition) is 4. The van der Waals surface area contributed by atoms with E-state index in [1.807, 2.05) is 26.2 Å². The molecule has 2 aromatic heterocycles. The molecule has 0 fully saturated rings. The van der Waals surface area contributed by atoms with Crippen LogP contribution in [0.15, 0.2) is 17.3 Å². The Morgan fingerprint density at radius 2 is 2.25 bits per heavy atom. The summed E-state index contributed by atoms with van der Waals surface area (Å²) in [4.78, 5) is 15.7. The molecule has 0 saturated carbocycles. The number of fused-ring (bicyclic) bond motifs is 1. The zero-order chi connectivity index (χ0) is 14.9. The maximum atomic E-state index is 11.4. The predicted octanol–water partition coefficient (Wildman–Crippen LogP) is 2.55. The van der Waals surface area contributed by atoms with Crippen LogP contribution in [-0.4, -0.2) is 26.8 Å². The summed E-state index contributed by atoms with van der Waals surface area (Å²) in [6, 6.07) is 1.81. The number of halogens is 1. The van der Waals surface area contributed by atoms with Crippen molar-refractivity contribution in [3.8, 4) is 0 Å². The first-order valence-electron chi connectivity index (χ1n) is 6.23. The molecule has 2 heterocycles. The van der Waals surface area contributed by atoms with Gasteiger partial charge in [-0.2, -0.15) is 5.10 Å². The molecule has 0 saturated heterocycles. The Labute approximate surface area is 126 Å². The molecule has 7 heteroatoms. The van der Waals surface area contributed by atoms with Gasteiger partial charge in [0.2, 0.25) is 5.91 Å². The molecule has 1 amide bonds. The molecule has 0 aliphatic carbocycles. The Kier molecular flexibility index (Phi) is 4.25. The molecule has 108 valence electrons. The normalized spacial score (nSPS) is 12.0. The van der Waals surface area contributed by atoms with Gasteiger partial charge in [0.15, 0.2) is 5.65 Å². The van der Waals surface area contributed by atoms with Gasteiger partial charge in [0.05, 0.1) is 6.20 Å². The third-order valence-corrected chi connectivity index (χ3v) is 4.51. The van der Waals surface area contributed by atoms with Crippen LogP contribution in [0.1, 0.15) is 25.8 Å². The molecular formula is C13H17ClN4OS. The number of aromatic nitrogens is 3. The maximum absolute atomic E-state index is 11.4. The Balaban J connectivity index is 2.38. The fourth-order valence-electron chi connectivity index (χ4n) is 1.90. The molecule has 0 aromatic carbocycles. The molecule has 2 aromatic rings. The first kappa shape index (κ1) is 15.1. The summed E-state index contributed by atoms with van der Waals surface area (Å²) in [6.45, 7) is 3.67. The molecule has 0 aliphatic rings. The average molecular weight is 313 g/mol. The van der Waals surface area contributed by atoms with E-state index in [1.165, 1.54) is 0 Å². The van der Waals surface area contributed by atoms with E-state index in [4.69, 9.17) is 17.3 Å². The van der Waals surface area contributed by atoms with E-state index in [9.17, 15) is 4.79 Å². The van der Waals surface area contributed by atoms with Crippen LogP contribution in [0.2, 0.25) is 5.15 Å². The van der Waals surface area contributed by atoms with Crippen LogP contribution in [0.25, 0.3) is 5.65 Å². The van der Waals surface area contributed by atoms with E-state index in [0.717, 1.165) is 16.2 Å². The summed E-state index contributed by atoms with van der Waals surface area (Å²) in [5.41, 5.74) is 6.46. The van der Waals surface area contributed by atoms with Crippen LogP contribution in [0.4, 0.5) is 0 Å². The molecule has 0 atom stereocenters. The SMILES string of the molecule is CSc1c(CCC(C)(C)C(N)=O)c(Cl)nc2ccnn12. The van der Waals surface area contributed by atoms with Gasteiger partial charge in [-0.25, -0.2) is 9.50 Å². The third kappa shape index (κ3) is 2.76. The van der Waals surface area contributed by atoms with Crippen molar-refractivity contribution in [1.29, 1.82) is 0 Å². The van der Waals surface area contributed by atoms with Crippen molar-refractivity contribution in [3.63, 3.8) is 0 Å².